The number of carbonyl (C=O) groups excluding carboxylic acids is 1. The Hall–Kier alpha value is -0.790. The van der Waals surface area contributed by atoms with E-state index in [1.165, 1.54) is 64.2 Å². The molecule has 0 saturated heterocycles. The highest BCUT2D eigenvalue weighted by atomic mass is 16.5. The third kappa shape index (κ3) is 17.2. The minimum absolute atomic E-state index is 0.0422. The summed E-state index contributed by atoms with van der Waals surface area (Å²) in [5.41, 5.74) is 0. The van der Waals surface area contributed by atoms with Gasteiger partial charge in [-0.15, -0.1) is 0 Å². The van der Waals surface area contributed by atoms with Crippen molar-refractivity contribution in [2.45, 2.75) is 97.3 Å². The molecule has 0 aliphatic heterocycles. The number of esters is 1. The molecular weight excluding hydrogens is 260 g/mol. The Morgan fingerprint density at radius 3 is 1.86 bits per heavy atom. The van der Waals surface area contributed by atoms with Crippen LogP contribution in [0.25, 0.3) is 0 Å². The van der Waals surface area contributed by atoms with Gasteiger partial charge in [-0.25, -0.2) is 0 Å². The molecule has 0 aliphatic carbocycles. The largest absolute Gasteiger partial charge is 0.466 e. The van der Waals surface area contributed by atoms with Crippen LogP contribution in [0.4, 0.5) is 0 Å². The van der Waals surface area contributed by atoms with E-state index in [0.29, 0.717) is 13.0 Å². The van der Waals surface area contributed by atoms with Gasteiger partial charge in [-0.3, -0.25) is 4.79 Å². The number of hydrogen-bond acceptors (Lipinski definition) is 2. The fourth-order valence-corrected chi connectivity index (χ4v) is 2.40. The maximum absolute atomic E-state index is 11.1. The average molecular weight is 296 g/mol. The normalized spacial score (nSPS) is 11.1. The van der Waals surface area contributed by atoms with Gasteiger partial charge in [0, 0.05) is 6.42 Å². The lowest BCUT2D eigenvalue weighted by molar-refractivity contribution is -0.143. The minimum atomic E-state index is -0.0422. The van der Waals surface area contributed by atoms with Gasteiger partial charge in [0.1, 0.15) is 0 Å². The molecule has 0 radical (unpaired) electrons. The summed E-state index contributed by atoms with van der Waals surface area (Å²) in [5.74, 6) is -0.0422. The monoisotopic (exact) mass is 296 g/mol. The van der Waals surface area contributed by atoms with Gasteiger partial charge in [0.25, 0.3) is 0 Å². The second kappa shape index (κ2) is 17.3. The molecule has 0 aromatic rings. The Kier molecular flexibility index (Phi) is 16.6. The molecule has 21 heavy (non-hydrogen) atoms. The second-order valence-electron chi connectivity index (χ2n) is 5.79. The standard InChI is InChI=1S/C19H36O2/c1-3-5-6-7-8-9-10-11-12-13-14-15-16-17-18-19(20)21-4-2/h10-11H,3-9,12-18H2,1-2H3/b11-10+. The first kappa shape index (κ1) is 20.2. The third-order valence-corrected chi connectivity index (χ3v) is 3.70. The molecule has 0 spiro atoms. The second-order valence-corrected chi connectivity index (χ2v) is 5.79. The zero-order valence-electron chi connectivity index (χ0n) is 14.4. The Morgan fingerprint density at radius 2 is 1.29 bits per heavy atom. The van der Waals surface area contributed by atoms with E-state index in [1.807, 2.05) is 6.92 Å². The maximum atomic E-state index is 11.1. The van der Waals surface area contributed by atoms with E-state index >= 15 is 0 Å². The first-order valence-electron chi connectivity index (χ1n) is 9.11. The molecule has 2 nitrogen and oxygen atoms in total. The van der Waals surface area contributed by atoms with Crippen molar-refractivity contribution >= 4 is 5.97 Å². The van der Waals surface area contributed by atoms with Crippen molar-refractivity contribution in [3.8, 4) is 0 Å². The summed E-state index contributed by atoms with van der Waals surface area (Å²) < 4.78 is 4.91. The molecule has 0 amide bonds. The number of ether oxygens (including phenoxy) is 1. The summed E-state index contributed by atoms with van der Waals surface area (Å²) in [6.07, 6.45) is 20.5. The van der Waals surface area contributed by atoms with Gasteiger partial charge in [0.05, 0.1) is 6.61 Å². The van der Waals surface area contributed by atoms with Gasteiger partial charge in [-0.1, -0.05) is 64.0 Å². The predicted molar refractivity (Wildman–Crippen MR) is 91.5 cm³/mol. The Bertz CT molecular complexity index is 246. The zero-order valence-corrected chi connectivity index (χ0v) is 14.4. The van der Waals surface area contributed by atoms with Crippen LogP contribution in [0.15, 0.2) is 12.2 Å². The summed E-state index contributed by atoms with van der Waals surface area (Å²) in [4.78, 5) is 11.1. The molecule has 0 saturated carbocycles. The molecule has 0 aliphatic rings. The Balaban J connectivity index is 3.12. The summed E-state index contributed by atoms with van der Waals surface area (Å²) in [7, 11) is 0. The molecule has 0 heterocycles. The van der Waals surface area contributed by atoms with E-state index in [1.54, 1.807) is 0 Å². The van der Waals surface area contributed by atoms with Crippen molar-refractivity contribution in [3.05, 3.63) is 12.2 Å². The average Bonchev–Trinajstić information content (AvgIpc) is 2.48. The quantitative estimate of drug-likeness (QED) is 0.204. The maximum Gasteiger partial charge on any atom is 0.305 e. The van der Waals surface area contributed by atoms with E-state index in [2.05, 4.69) is 19.1 Å². The molecule has 0 aromatic heterocycles. The molecular formula is C19H36O2. The van der Waals surface area contributed by atoms with Gasteiger partial charge in [0.2, 0.25) is 0 Å². The van der Waals surface area contributed by atoms with Gasteiger partial charge >= 0.3 is 5.97 Å². The van der Waals surface area contributed by atoms with E-state index in [4.69, 9.17) is 4.74 Å². The van der Waals surface area contributed by atoms with Crippen LogP contribution < -0.4 is 0 Å². The Morgan fingerprint density at radius 1 is 0.762 bits per heavy atom. The first-order chi connectivity index (χ1) is 10.3. The topological polar surface area (TPSA) is 26.3 Å². The molecule has 0 aromatic carbocycles. The molecule has 0 rings (SSSR count). The number of unbranched alkanes of at least 4 members (excludes halogenated alkanes) is 10. The fraction of sp³-hybridized carbons (Fsp3) is 0.842. The molecule has 0 fully saturated rings. The van der Waals surface area contributed by atoms with E-state index in [9.17, 15) is 4.79 Å². The van der Waals surface area contributed by atoms with Crippen molar-refractivity contribution in [3.63, 3.8) is 0 Å². The van der Waals surface area contributed by atoms with Crippen molar-refractivity contribution in [1.82, 2.24) is 0 Å². The van der Waals surface area contributed by atoms with Gasteiger partial charge in [-0.2, -0.15) is 0 Å². The highest BCUT2D eigenvalue weighted by molar-refractivity contribution is 5.69. The van der Waals surface area contributed by atoms with Gasteiger partial charge in [-0.05, 0) is 39.0 Å². The van der Waals surface area contributed by atoms with Crippen LogP contribution >= 0.6 is 0 Å². The van der Waals surface area contributed by atoms with Crippen LogP contribution in [-0.2, 0) is 9.53 Å². The smallest absolute Gasteiger partial charge is 0.305 e. The predicted octanol–water partition coefficient (Wildman–Crippen LogP) is 6.20. The molecule has 0 N–H and O–H groups in total. The first-order valence-corrected chi connectivity index (χ1v) is 9.11. The number of rotatable bonds is 15. The summed E-state index contributed by atoms with van der Waals surface area (Å²) in [6, 6.07) is 0. The Labute approximate surface area is 132 Å². The van der Waals surface area contributed by atoms with Crippen LogP contribution in [0.2, 0.25) is 0 Å². The van der Waals surface area contributed by atoms with E-state index < -0.39 is 0 Å². The number of carbonyl (C=O) groups is 1. The molecule has 0 atom stereocenters. The van der Waals surface area contributed by atoms with Crippen molar-refractivity contribution < 1.29 is 9.53 Å². The molecule has 0 bridgehead atoms. The fourth-order valence-electron chi connectivity index (χ4n) is 2.40. The summed E-state index contributed by atoms with van der Waals surface area (Å²) in [5, 5.41) is 0. The SMILES string of the molecule is CCCCCCC/C=C/CCCCCCCC(=O)OCC. The van der Waals surface area contributed by atoms with E-state index in [0.717, 1.165) is 12.8 Å². The van der Waals surface area contributed by atoms with Crippen LogP contribution in [0.3, 0.4) is 0 Å². The highest BCUT2D eigenvalue weighted by Crippen LogP contribution is 2.09. The van der Waals surface area contributed by atoms with Crippen LogP contribution in [0, 0.1) is 0 Å². The summed E-state index contributed by atoms with van der Waals surface area (Å²) >= 11 is 0. The lowest BCUT2D eigenvalue weighted by atomic mass is 10.1. The highest BCUT2D eigenvalue weighted by Gasteiger charge is 2.00. The number of hydrogen-bond donors (Lipinski definition) is 0. The number of allylic oxidation sites excluding steroid dienone is 2. The third-order valence-electron chi connectivity index (χ3n) is 3.70. The summed E-state index contributed by atoms with van der Waals surface area (Å²) in [6.45, 7) is 4.62. The van der Waals surface area contributed by atoms with E-state index in [-0.39, 0.29) is 5.97 Å². The van der Waals surface area contributed by atoms with Crippen LogP contribution in [0.5, 0.6) is 0 Å². The molecule has 0 unspecified atom stereocenters. The van der Waals surface area contributed by atoms with Crippen LogP contribution in [-0.4, -0.2) is 12.6 Å². The van der Waals surface area contributed by atoms with Crippen molar-refractivity contribution in [2.24, 2.45) is 0 Å². The lowest BCUT2D eigenvalue weighted by Crippen LogP contribution is -2.03. The van der Waals surface area contributed by atoms with Crippen molar-refractivity contribution in [1.29, 1.82) is 0 Å². The van der Waals surface area contributed by atoms with Gasteiger partial charge in [0.15, 0.2) is 0 Å². The van der Waals surface area contributed by atoms with Crippen LogP contribution in [0.1, 0.15) is 97.3 Å². The molecule has 124 valence electrons. The zero-order chi connectivity index (χ0) is 15.6. The minimum Gasteiger partial charge on any atom is -0.466 e. The van der Waals surface area contributed by atoms with Gasteiger partial charge < -0.3 is 4.74 Å². The molecule has 2 heteroatoms. The lowest BCUT2D eigenvalue weighted by Gasteiger charge is -2.01. The van der Waals surface area contributed by atoms with Crippen molar-refractivity contribution in [2.75, 3.05) is 6.61 Å².